The minimum Gasteiger partial charge on any atom is -0.458 e. The summed E-state index contributed by atoms with van der Waals surface area (Å²) in [5.74, 6) is -0.881. The van der Waals surface area contributed by atoms with Gasteiger partial charge in [0.2, 0.25) is 0 Å². The SMILES string of the molecule is C[C@H](NC(=O)c1cc(Cl)c[nH]1)C(=O)OC(C)(C)C. The van der Waals surface area contributed by atoms with Gasteiger partial charge in [-0.2, -0.15) is 0 Å². The molecule has 1 rings (SSSR count). The second kappa shape index (κ2) is 5.44. The van der Waals surface area contributed by atoms with Gasteiger partial charge in [-0.25, -0.2) is 4.79 Å². The summed E-state index contributed by atoms with van der Waals surface area (Å²) in [6.45, 7) is 6.87. The molecule has 0 aliphatic rings. The molecule has 1 atom stereocenters. The number of halogens is 1. The molecule has 100 valence electrons. The van der Waals surface area contributed by atoms with E-state index in [1.807, 2.05) is 0 Å². The van der Waals surface area contributed by atoms with Gasteiger partial charge in [-0.3, -0.25) is 4.79 Å². The van der Waals surface area contributed by atoms with Crippen LogP contribution in [0.2, 0.25) is 5.02 Å². The van der Waals surface area contributed by atoms with Crippen molar-refractivity contribution in [3.63, 3.8) is 0 Å². The lowest BCUT2D eigenvalue weighted by atomic mass is 10.2. The molecule has 0 spiro atoms. The molecule has 0 saturated heterocycles. The normalized spacial score (nSPS) is 12.9. The van der Waals surface area contributed by atoms with Crippen LogP contribution in [0.4, 0.5) is 0 Å². The number of ether oxygens (including phenoxy) is 1. The Kier molecular flexibility index (Phi) is 4.40. The number of hydrogen-bond donors (Lipinski definition) is 2. The molecule has 5 nitrogen and oxygen atoms in total. The highest BCUT2D eigenvalue weighted by molar-refractivity contribution is 6.30. The van der Waals surface area contributed by atoms with Crippen molar-refractivity contribution < 1.29 is 14.3 Å². The Balaban J connectivity index is 2.57. The monoisotopic (exact) mass is 272 g/mol. The van der Waals surface area contributed by atoms with E-state index in [0.717, 1.165) is 0 Å². The summed E-state index contributed by atoms with van der Waals surface area (Å²) >= 11 is 5.69. The molecule has 0 radical (unpaired) electrons. The highest BCUT2D eigenvalue weighted by atomic mass is 35.5. The minimum atomic E-state index is -0.723. The highest BCUT2D eigenvalue weighted by Crippen LogP contribution is 2.11. The summed E-state index contributed by atoms with van der Waals surface area (Å²) in [5.41, 5.74) is -0.276. The molecular weight excluding hydrogens is 256 g/mol. The van der Waals surface area contributed by atoms with Gasteiger partial charge >= 0.3 is 5.97 Å². The van der Waals surface area contributed by atoms with Gasteiger partial charge in [0.25, 0.3) is 5.91 Å². The van der Waals surface area contributed by atoms with Gasteiger partial charge in [-0.05, 0) is 33.8 Å². The molecule has 1 aromatic heterocycles. The molecule has 1 amide bonds. The van der Waals surface area contributed by atoms with Crippen molar-refractivity contribution >= 4 is 23.5 Å². The van der Waals surface area contributed by atoms with Gasteiger partial charge < -0.3 is 15.0 Å². The van der Waals surface area contributed by atoms with Gasteiger partial charge in [0.15, 0.2) is 0 Å². The summed E-state index contributed by atoms with van der Waals surface area (Å²) < 4.78 is 5.15. The van der Waals surface area contributed by atoms with Crippen molar-refractivity contribution in [3.05, 3.63) is 23.0 Å². The van der Waals surface area contributed by atoms with Crippen LogP contribution in [0.5, 0.6) is 0 Å². The number of carbonyl (C=O) groups is 2. The fourth-order valence-electron chi connectivity index (χ4n) is 1.22. The highest BCUT2D eigenvalue weighted by Gasteiger charge is 2.23. The quantitative estimate of drug-likeness (QED) is 0.828. The van der Waals surface area contributed by atoms with E-state index in [9.17, 15) is 9.59 Å². The van der Waals surface area contributed by atoms with E-state index in [1.54, 1.807) is 27.7 Å². The Morgan fingerprint density at radius 1 is 1.44 bits per heavy atom. The number of rotatable bonds is 3. The second-order valence-corrected chi connectivity index (χ2v) is 5.40. The lowest BCUT2D eigenvalue weighted by molar-refractivity contribution is -0.156. The molecule has 0 fully saturated rings. The van der Waals surface area contributed by atoms with Crippen LogP contribution in [0.25, 0.3) is 0 Å². The summed E-state index contributed by atoms with van der Waals surface area (Å²) in [6, 6.07) is 0.761. The first-order valence-electron chi connectivity index (χ1n) is 5.56. The maximum Gasteiger partial charge on any atom is 0.328 e. The maximum absolute atomic E-state index is 11.7. The summed E-state index contributed by atoms with van der Waals surface area (Å²) in [6.07, 6.45) is 1.49. The Labute approximate surface area is 111 Å². The van der Waals surface area contributed by atoms with E-state index in [4.69, 9.17) is 16.3 Å². The molecule has 6 heteroatoms. The summed E-state index contributed by atoms with van der Waals surface area (Å²) in [5, 5.41) is 2.96. The van der Waals surface area contributed by atoms with E-state index >= 15 is 0 Å². The first-order valence-corrected chi connectivity index (χ1v) is 5.94. The Bertz CT molecular complexity index is 448. The third-order valence-corrected chi connectivity index (χ3v) is 2.22. The predicted molar refractivity (Wildman–Crippen MR) is 68.6 cm³/mol. The average Bonchev–Trinajstić information content (AvgIpc) is 2.62. The number of aromatic nitrogens is 1. The largest absolute Gasteiger partial charge is 0.458 e. The first-order chi connectivity index (χ1) is 8.19. The van der Waals surface area contributed by atoms with E-state index < -0.39 is 23.5 Å². The average molecular weight is 273 g/mol. The number of carbonyl (C=O) groups excluding carboxylic acids is 2. The zero-order valence-electron chi connectivity index (χ0n) is 10.8. The van der Waals surface area contributed by atoms with E-state index in [-0.39, 0.29) is 0 Å². The van der Waals surface area contributed by atoms with Crippen LogP contribution in [0.15, 0.2) is 12.3 Å². The molecule has 2 N–H and O–H groups in total. The van der Waals surface area contributed by atoms with Crippen molar-refractivity contribution in [1.82, 2.24) is 10.3 Å². The topological polar surface area (TPSA) is 71.2 Å². The van der Waals surface area contributed by atoms with E-state index in [0.29, 0.717) is 10.7 Å². The summed E-state index contributed by atoms with van der Waals surface area (Å²) in [4.78, 5) is 26.1. The lowest BCUT2D eigenvalue weighted by Crippen LogP contribution is -2.42. The standard InChI is InChI=1S/C12H17ClN2O3/c1-7(11(17)18-12(2,3)4)15-10(16)9-5-8(13)6-14-9/h5-7,14H,1-4H3,(H,15,16)/t7-/m0/s1. The van der Waals surface area contributed by atoms with E-state index in [2.05, 4.69) is 10.3 Å². The molecule has 0 bridgehead atoms. The second-order valence-electron chi connectivity index (χ2n) is 4.96. The van der Waals surface area contributed by atoms with Crippen molar-refractivity contribution in [3.8, 4) is 0 Å². The lowest BCUT2D eigenvalue weighted by Gasteiger charge is -2.22. The van der Waals surface area contributed by atoms with Gasteiger partial charge in [-0.15, -0.1) is 0 Å². The maximum atomic E-state index is 11.7. The molecule has 0 aliphatic heterocycles. The Hall–Kier alpha value is -1.49. The zero-order chi connectivity index (χ0) is 13.9. The van der Waals surface area contributed by atoms with Crippen LogP contribution in [-0.2, 0) is 9.53 Å². The number of H-pyrrole nitrogens is 1. The first kappa shape index (κ1) is 14.6. The van der Waals surface area contributed by atoms with Gasteiger partial charge in [-0.1, -0.05) is 11.6 Å². The molecule has 0 aliphatic carbocycles. The number of amides is 1. The number of aromatic amines is 1. The Morgan fingerprint density at radius 3 is 2.50 bits per heavy atom. The number of esters is 1. The molecule has 0 unspecified atom stereocenters. The predicted octanol–water partition coefficient (Wildman–Crippen LogP) is 2.13. The Morgan fingerprint density at radius 2 is 2.06 bits per heavy atom. The van der Waals surface area contributed by atoms with Crippen LogP contribution in [0.1, 0.15) is 38.2 Å². The van der Waals surface area contributed by atoms with Crippen LogP contribution in [0.3, 0.4) is 0 Å². The van der Waals surface area contributed by atoms with Crippen molar-refractivity contribution in [1.29, 1.82) is 0 Å². The van der Waals surface area contributed by atoms with Crippen LogP contribution >= 0.6 is 11.6 Å². The van der Waals surface area contributed by atoms with Gasteiger partial charge in [0.1, 0.15) is 17.3 Å². The van der Waals surface area contributed by atoms with Crippen molar-refractivity contribution in [2.45, 2.75) is 39.3 Å². The number of nitrogens with one attached hydrogen (secondary N) is 2. The van der Waals surface area contributed by atoms with Crippen molar-refractivity contribution in [2.24, 2.45) is 0 Å². The van der Waals surface area contributed by atoms with E-state index in [1.165, 1.54) is 12.3 Å². The third kappa shape index (κ3) is 4.41. The molecule has 0 aromatic carbocycles. The molecule has 18 heavy (non-hydrogen) atoms. The molecular formula is C12H17ClN2O3. The van der Waals surface area contributed by atoms with Gasteiger partial charge in [0, 0.05) is 6.20 Å². The smallest absolute Gasteiger partial charge is 0.328 e. The summed E-state index contributed by atoms with van der Waals surface area (Å²) in [7, 11) is 0. The fourth-order valence-corrected chi connectivity index (χ4v) is 1.39. The minimum absolute atomic E-state index is 0.301. The molecule has 1 aromatic rings. The van der Waals surface area contributed by atoms with Gasteiger partial charge in [0.05, 0.1) is 5.02 Å². The fraction of sp³-hybridized carbons (Fsp3) is 0.500. The van der Waals surface area contributed by atoms with Crippen LogP contribution in [-0.4, -0.2) is 28.5 Å². The van der Waals surface area contributed by atoms with Crippen LogP contribution in [0, 0.1) is 0 Å². The third-order valence-electron chi connectivity index (χ3n) is 2.00. The number of hydrogen-bond acceptors (Lipinski definition) is 3. The van der Waals surface area contributed by atoms with Crippen LogP contribution < -0.4 is 5.32 Å². The molecule has 1 heterocycles. The zero-order valence-corrected chi connectivity index (χ0v) is 11.6. The van der Waals surface area contributed by atoms with Crippen molar-refractivity contribution in [2.75, 3.05) is 0 Å². The molecule has 0 saturated carbocycles.